The molecule has 138 valence electrons. The van der Waals surface area contributed by atoms with Crippen molar-refractivity contribution >= 4 is 46.9 Å². The van der Waals surface area contributed by atoms with E-state index >= 15 is 0 Å². The Kier molecular flexibility index (Phi) is 6.98. The second-order valence-corrected chi connectivity index (χ2v) is 6.58. The maximum Gasteiger partial charge on any atom is 0.283 e. The Labute approximate surface area is 160 Å². The molecule has 2 rings (SSSR count). The summed E-state index contributed by atoms with van der Waals surface area (Å²) in [7, 11) is 0. The van der Waals surface area contributed by atoms with Gasteiger partial charge in [-0.25, -0.2) is 0 Å². The van der Waals surface area contributed by atoms with Gasteiger partial charge in [-0.15, -0.1) is 0 Å². The van der Waals surface area contributed by atoms with E-state index in [-0.39, 0.29) is 10.8 Å². The van der Waals surface area contributed by atoms with Crippen LogP contribution in [0.2, 0.25) is 0 Å². The van der Waals surface area contributed by atoms with Gasteiger partial charge in [0.1, 0.15) is 0 Å². The summed E-state index contributed by atoms with van der Waals surface area (Å²) in [6.07, 6.45) is 1.45. The van der Waals surface area contributed by atoms with Crippen molar-refractivity contribution in [1.82, 2.24) is 5.43 Å². The molecular formula is C16H19N5O3S2. The number of thiocarbonyl (C=S) groups is 1. The van der Waals surface area contributed by atoms with Gasteiger partial charge >= 0.3 is 0 Å². The van der Waals surface area contributed by atoms with Crippen LogP contribution >= 0.6 is 24.0 Å². The smallest absolute Gasteiger partial charge is 0.283 e. The summed E-state index contributed by atoms with van der Waals surface area (Å²) >= 11 is 5.97. The number of hydrogen-bond donors (Lipinski definition) is 2. The highest BCUT2D eigenvalue weighted by atomic mass is 32.2. The minimum absolute atomic E-state index is 0.0475. The van der Waals surface area contributed by atoms with E-state index in [1.54, 1.807) is 24.3 Å². The summed E-state index contributed by atoms with van der Waals surface area (Å²) in [5, 5.41) is 15.2. The predicted molar refractivity (Wildman–Crippen MR) is 107 cm³/mol. The van der Waals surface area contributed by atoms with Crippen LogP contribution in [-0.2, 0) is 0 Å². The molecule has 0 fully saturated rings. The lowest BCUT2D eigenvalue weighted by atomic mass is 10.3. The zero-order chi connectivity index (χ0) is 19.1. The van der Waals surface area contributed by atoms with Gasteiger partial charge in [0.25, 0.3) is 5.69 Å². The second-order valence-electron chi connectivity index (χ2n) is 5.05. The Morgan fingerprint density at radius 1 is 1.42 bits per heavy atom. The molecule has 0 aliphatic rings. The van der Waals surface area contributed by atoms with E-state index < -0.39 is 4.92 Å². The Morgan fingerprint density at radius 2 is 2.12 bits per heavy atom. The first-order valence-electron chi connectivity index (χ1n) is 7.84. The molecule has 0 atom stereocenters. The zero-order valence-electron chi connectivity index (χ0n) is 14.3. The molecule has 0 unspecified atom stereocenters. The number of hydrogen-bond acceptors (Lipinski definition) is 7. The topological polar surface area (TPSA) is 110 Å². The summed E-state index contributed by atoms with van der Waals surface area (Å²) in [4.78, 5) is 14.2. The molecule has 8 nitrogen and oxygen atoms in total. The average Bonchev–Trinajstić information content (AvgIpc) is 2.98. The van der Waals surface area contributed by atoms with E-state index in [1.165, 1.54) is 24.0 Å². The molecule has 0 bridgehead atoms. The fourth-order valence-electron chi connectivity index (χ4n) is 2.22. The minimum atomic E-state index is -0.395. The standard InChI is InChI=1S/C16H19N5O3S2/c1-3-20(4-2)15-14(9-11(24-15)10-18-19-16(17)25)26-13-8-6-5-7-12(13)21(22)23/h5-10H,3-4H2,1-2H3,(H3,17,19,25)/b18-10-. The molecule has 1 aromatic heterocycles. The van der Waals surface area contributed by atoms with Crippen molar-refractivity contribution in [1.29, 1.82) is 0 Å². The molecule has 3 N–H and O–H groups in total. The number of nitro benzene ring substituents is 1. The van der Waals surface area contributed by atoms with E-state index in [2.05, 4.69) is 10.5 Å². The molecule has 1 heterocycles. The first-order chi connectivity index (χ1) is 12.5. The van der Waals surface area contributed by atoms with Gasteiger partial charge in [-0.2, -0.15) is 5.10 Å². The first-order valence-corrected chi connectivity index (χ1v) is 9.07. The molecule has 0 aliphatic heterocycles. The minimum Gasteiger partial charge on any atom is -0.438 e. The zero-order valence-corrected chi connectivity index (χ0v) is 16.0. The molecule has 2 aromatic rings. The molecule has 10 heteroatoms. The summed E-state index contributed by atoms with van der Waals surface area (Å²) in [6, 6.07) is 8.38. The van der Waals surface area contributed by atoms with Crippen LogP contribution in [0.3, 0.4) is 0 Å². The number of anilines is 1. The van der Waals surface area contributed by atoms with Crippen molar-refractivity contribution in [2.75, 3.05) is 18.0 Å². The monoisotopic (exact) mass is 393 g/mol. The van der Waals surface area contributed by atoms with Crippen molar-refractivity contribution in [3.63, 3.8) is 0 Å². The van der Waals surface area contributed by atoms with E-state index in [0.29, 0.717) is 16.5 Å². The lowest BCUT2D eigenvalue weighted by molar-refractivity contribution is -0.387. The van der Waals surface area contributed by atoms with Crippen LogP contribution in [0, 0.1) is 10.1 Å². The van der Waals surface area contributed by atoms with Crippen LogP contribution < -0.4 is 16.1 Å². The summed E-state index contributed by atoms with van der Waals surface area (Å²) in [6.45, 7) is 5.48. The Morgan fingerprint density at radius 3 is 2.73 bits per heavy atom. The molecule has 0 saturated heterocycles. The predicted octanol–water partition coefficient (Wildman–Crippen LogP) is 3.35. The number of nitrogens with zero attached hydrogens (tertiary/aromatic N) is 3. The highest BCUT2D eigenvalue weighted by Crippen LogP contribution is 2.41. The lowest BCUT2D eigenvalue weighted by Crippen LogP contribution is -2.23. The van der Waals surface area contributed by atoms with Crippen LogP contribution in [-0.4, -0.2) is 29.3 Å². The number of hydrazone groups is 1. The third-order valence-corrected chi connectivity index (χ3v) is 4.57. The van der Waals surface area contributed by atoms with Gasteiger partial charge in [0.05, 0.1) is 20.9 Å². The Hall–Kier alpha value is -2.59. The molecule has 0 saturated carbocycles. The third kappa shape index (κ3) is 4.96. The van der Waals surface area contributed by atoms with Crippen molar-refractivity contribution in [2.24, 2.45) is 10.8 Å². The quantitative estimate of drug-likeness (QED) is 0.304. The number of rotatable bonds is 8. The largest absolute Gasteiger partial charge is 0.438 e. The van der Waals surface area contributed by atoms with Crippen LogP contribution in [0.25, 0.3) is 0 Å². The van der Waals surface area contributed by atoms with Gasteiger partial charge in [0.15, 0.2) is 10.9 Å². The van der Waals surface area contributed by atoms with Crippen molar-refractivity contribution in [3.05, 3.63) is 46.2 Å². The highest BCUT2D eigenvalue weighted by Gasteiger charge is 2.20. The second kappa shape index (κ2) is 9.20. The summed E-state index contributed by atoms with van der Waals surface area (Å²) in [5.74, 6) is 1.12. The number of nitrogens with one attached hydrogen (secondary N) is 1. The molecule has 0 spiro atoms. The van der Waals surface area contributed by atoms with Gasteiger partial charge in [-0.3, -0.25) is 15.5 Å². The number of benzene rings is 1. The van der Waals surface area contributed by atoms with E-state index in [4.69, 9.17) is 22.4 Å². The average molecular weight is 393 g/mol. The number of para-hydroxylation sites is 1. The SMILES string of the molecule is CCN(CC)c1oc(/C=N\NC(N)=S)cc1Sc1ccccc1[N+](=O)[O-]. The van der Waals surface area contributed by atoms with E-state index in [9.17, 15) is 10.1 Å². The van der Waals surface area contributed by atoms with Gasteiger partial charge in [0.2, 0.25) is 5.88 Å². The van der Waals surface area contributed by atoms with Crippen molar-refractivity contribution in [2.45, 2.75) is 23.6 Å². The fraction of sp³-hybridized carbons (Fsp3) is 0.250. The molecule has 0 radical (unpaired) electrons. The van der Waals surface area contributed by atoms with Crippen LogP contribution in [0.5, 0.6) is 0 Å². The van der Waals surface area contributed by atoms with Crippen LogP contribution in [0.4, 0.5) is 11.6 Å². The van der Waals surface area contributed by atoms with Crippen molar-refractivity contribution < 1.29 is 9.34 Å². The highest BCUT2D eigenvalue weighted by molar-refractivity contribution is 7.99. The molecule has 26 heavy (non-hydrogen) atoms. The van der Waals surface area contributed by atoms with Gasteiger partial charge in [-0.05, 0) is 32.1 Å². The molecule has 0 amide bonds. The third-order valence-electron chi connectivity index (χ3n) is 3.40. The number of furan rings is 1. The maximum atomic E-state index is 11.3. The Balaban J connectivity index is 2.39. The molecule has 1 aromatic carbocycles. The van der Waals surface area contributed by atoms with E-state index in [0.717, 1.165) is 18.0 Å². The Bertz CT molecular complexity index is 818. The summed E-state index contributed by atoms with van der Waals surface area (Å²) < 4.78 is 5.87. The first kappa shape index (κ1) is 19.7. The molecule has 0 aliphatic carbocycles. The summed E-state index contributed by atoms with van der Waals surface area (Å²) in [5.41, 5.74) is 7.84. The van der Waals surface area contributed by atoms with Crippen LogP contribution in [0.1, 0.15) is 19.6 Å². The van der Waals surface area contributed by atoms with Crippen LogP contribution in [0.15, 0.2) is 49.6 Å². The number of nitro groups is 1. The maximum absolute atomic E-state index is 11.3. The van der Waals surface area contributed by atoms with Crippen molar-refractivity contribution in [3.8, 4) is 0 Å². The van der Waals surface area contributed by atoms with Gasteiger partial charge in [-0.1, -0.05) is 23.9 Å². The lowest BCUT2D eigenvalue weighted by Gasteiger charge is -2.18. The van der Waals surface area contributed by atoms with E-state index in [1.807, 2.05) is 18.7 Å². The molecular weight excluding hydrogens is 374 g/mol. The van der Waals surface area contributed by atoms with Gasteiger partial charge < -0.3 is 15.1 Å². The van der Waals surface area contributed by atoms with Gasteiger partial charge in [0, 0.05) is 25.2 Å². The fourth-order valence-corrected chi connectivity index (χ4v) is 3.34. The number of nitrogens with two attached hydrogens (primary N) is 1. The normalized spacial score (nSPS) is 10.8.